The Bertz CT molecular complexity index is 681. The van der Waals surface area contributed by atoms with Gasteiger partial charge in [-0.2, -0.15) is 27.8 Å². The van der Waals surface area contributed by atoms with Crippen LogP contribution in [0.2, 0.25) is 0 Å². The average molecular weight is 327 g/mol. The lowest BCUT2D eigenvalue weighted by Gasteiger charge is -2.31. The molecule has 0 aliphatic carbocycles. The number of fused-ring (bicyclic) bond motifs is 1. The van der Waals surface area contributed by atoms with E-state index in [1.165, 1.54) is 10.8 Å². The monoisotopic (exact) mass is 327 g/mol. The van der Waals surface area contributed by atoms with Gasteiger partial charge >= 0.3 is 6.18 Å². The molecule has 3 rings (SSSR count). The summed E-state index contributed by atoms with van der Waals surface area (Å²) in [5.74, 6) is 0.845. The van der Waals surface area contributed by atoms with Crippen LogP contribution in [0.15, 0.2) is 12.4 Å². The molecule has 2 aromatic rings. The molecule has 1 saturated heterocycles. The van der Waals surface area contributed by atoms with Crippen molar-refractivity contribution in [3.63, 3.8) is 0 Å². The Morgan fingerprint density at radius 1 is 1.39 bits per heavy atom. The van der Waals surface area contributed by atoms with Crippen LogP contribution in [0.1, 0.15) is 45.2 Å². The molecule has 1 aliphatic rings. The number of rotatable bonds is 4. The third-order valence-electron chi connectivity index (χ3n) is 4.52. The van der Waals surface area contributed by atoms with Crippen molar-refractivity contribution in [2.45, 2.75) is 51.7 Å². The zero-order chi connectivity index (χ0) is 16.6. The van der Waals surface area contributed by atoms with Crippen molar-refractivity contribution in [1.29, 1.82) is 0 Å². The van der Waals surface area contributed by atoms with E-state index < -0.39 is 11.9 Å². The van der Waals surface area contributed by atoms with Crippen LogP contribution in [0.5, 0.6) is 0 Å². The minimum Gasteiger partial charge on any atom is -0.353 e. The van der Waals surface area contributed by atoms with Crippen LogP contribution >= 0.6 is 0 Å². The van der Waals surface area contributed by atoms with Gasteiger partial charge in [-0.05, 0) is 25.2 Å². The molecule has 0 N–H and O–H groups in total. The number of hydrogen-bond donors (Lipinski definition) is 0. The highest BCUT2D eigenvalue weighted by Crippen LogP contribution is 2.35. The van der Waals surface area contributed by atoms with Crippen LogP contribution in [0.4, 0.5) is 19.0 Å². The van der Waals surface area contributed by atoms with Crippen LogP contribution in [0.3, 0.4) is 0 Å². The summed E-state index contributed by atoms with van der Waals surface area (Å²) >= 11 is 0. The molecule has 126 valence electrons. The fraction of sp³-hybridized carbons (Fsp3) is 0.667. The van der Waals surface area contributed by atoms with E-state index in [0.717, 1.165) is 38.3 Å². The maximum Gasteiger partial charge on any atom is 0.433 e. The number of alkyl halides is 3. The van der Waals surface area contributed by atoms with E-state index in [9.17, 15) is 13.2 Å². The van der Waals surface area contributed by atoms with Crippen LogP contribution in [0.25, 0.3) is 5.78 Å². The maximum atomic E-state index is 13.1. The van der Waals surface area contributed by atoms with Gasteiger partial charge in [-0.15, -0.1) is 0 Å². The van der Waals surface area contributed by atoms with E-state index in [2.05, 4.69) is 28.9 Å². The van der Waals surface area contributed by atoms with Crippen LogP contribution in [0, 0.1) is 5.92 Å². The number of halogens is 3. The third kappa shape index (κ3) is 2.98. The quantitative estimate of drug-likeness (QED) is 0.861. The minimum absolute atomic E-state index is 0.0105. The Hall–Kier alpha value is -1.86. The zero-order valence-corrected chi connectivity index (χ0v) is 13.2. The largest absolute Gasteiger partial charge is 0.433 e. The van der Waals surface area contributed by atoms with Gasteiger partial charge in [-0.3, -0.25) is 0 Å². The van der Waals surface area contributed by atoms with E-state index >= 15 is 0 Å². The van der Waals surface area contributed by atoms with Crippen molar-refractivity contribution in [2.75, 3.05) is 11.4 Å². The molecular weight excluding hydrogens is 307 g/mol. The average Bonchev–Trinajstić information content (AvgIpc) is 3.14. The van der Waals surface area contributed by atoms with Crippen molar-refractivity contribution >= 4 is 11.6 Å². The van der Waals surface area contributed by atoms with Crippen LogP contribution < -0.4 is 4.90 Å². The van der Waals surface area contributed by atoms with E-state index in [-0.39, 0.29) is 11.8 Å². The first-order chi connectivity index (χ1) is 10.9. The van der Waals surface area contributed by atoms with Gasteiger partial charge in [0.25, 0.3) is 5.78 Å². The summed E-state index contributed by atoms with van der Waals surface area (Å²) in [5, 5.41) is 4.06. The molecule has 0 radical (unpaired) electrons. The molecule has 0 saturated carbocycles. The lowest BCUT2D eigenvalue weighted by atomic mass is 9.95. The molecule has 8 heteroatoms. The van der Waals surface area contributed by atoms with E-state index in [1.807, 2.05) is 4.90 Å². The summed E-state index contributed by atoms with van der Waals surface area (Å²) in [4.78, 5) is 9.47. The molecule has 2 aromatic heterocycles. The van der Waals surface area contributed by atoms with Crippen molar-refractivity contribution in [3.8, 4) is 0 Å². The molecule has 0 amide bonds. The Kier molecular flexibility index (Phi) is 4.16. The molecule has 0 spiro atoms. The summed E-state index contributed by atoms with van der Waals surface area (Å²) in [6.45, 7) is 5.02. The van der Waals surface area contributed by atoms with Crippen molar-refractivity contribution in [1.82, 2.24) is 19.6 Å². The molecule has 2 atom stereocenters. The third-order valence-corrected chi connectivity index (χ3v) is 4.52. The Morgan fingerprint density at radius 2 is 2.17 bits per heavy atom. The molecule has 1 fully saturated rings. The number of anilines is 1. The van der Waals surface area contributed by atoms with Crippen molar-refractivity contribution in [3.05, 3.63) is 18.1 Å². The summed E-state index contributed by atoms with van der Waals surface area (Å²) in [5.41, 5.74) is -0.915. The highest BCUT2D eigenvalue weighted by molar-refractivity contribution is 5.49. The second kappa shape index (κ2) is 5.98. The van der Waals surface area contributed by atoms with Gasteiger partial charge in [0.1, 0.15) is 12.1 Å². The second-order valence-electron chi connectivity index (χ2n) is 6.14. The van der Waals surface area contributed by atoms with E-state index in [1.54, 1.807) is 0 Å². The van der Waals surface area contributed by atoms with Crippen LogP contribution in [-0.4, -0.2) is 32.2 Å². The second-order valence-corrected chi connectivity index (χ2v) is 6.14. The van der Waals surface area contributed by atoms with Crippen molar-refractivity contribution < 1.29 is 13.2 Å². The zero-order valence-electron chi connectivity index (χ0n) is 13.2. The molecule has 23 heavy (non-hydrogen) atoms. The molecule has 5 nitrogen and oxygen atoms in total. The normalized spacial score (nSPS) is 20.4. The van der Waals surface area contributed by atoms with Gasteiger partial charge in [0.2, 0.25) is 0 Å². The smallest absolute Gasteiger partial charge is 0.353 e. The summed E-state index contributed by atoms with van der Waals surface area (Å²) in [6, 6.07) is 1.32. The topological polar surface area (TPSA) is 46.3 Å². The van der Waals surface area contributed by atoms with E-state index in [4.69, 9.17) is 0 Å². The standard InChI is InChI=1S/C15H20F3N5/c1-3-5-10(2)11-6-4-7-22(11)13-8-12(15(16,17)18)21-14-19-9-20-23(13)14/h8-11H,3-7H2,1-2H3. The highest BCUT2D eigenvalue weighted by atomic mass is 19.4. The molecule has 0 bridgehead atoms. The van der Waals surface area contributed by atoms with E-state index in [0.29, 0.717) is 11.7 Å². The van der Waals surface area contributed by atoms with Gasteiger partial charge in [0.05, 0.1) is 0 Å². The highest BCUT2D eigenvalue weighted by Gasteiger charge is 2.37. The Balaban J connectivity index is 2.05. The summed E-state index contributed by atoms with van der Waals surface area (Å²) in [6.07, 6.45) is 0.826. The SMILES string of the molecule is CCCC(C)C1CCCN1c1cc(C(F)(F)F)nc2ncnn12. The molecular formula is C15H20F3N5. The van der Waals surface area contributed by atoms with Gasteiger partial charge < -0.3 is 4.90 Å². The number of aromatic nitrogens is 4. The fourth-order valence-electron chi connectivity index (χ4n) is 3.46. The Labute approximate surface area is 132 Å². The maximum absolute atomic E-state index is 13.1. The fourth-order valence-corrected chi connectivity index (χ4v) is 3.46. The minimum atomic E-state index is -4.49. The summed E-state index contributed by atoms with van der Waals surface area (Å²) in [7, 11) is 0. The van der Waals surface area contributed by atoms with Gasteiger partial charge in [-0.1, -0.05) is 20.3 Å². The number of nitrogens with zero attached hydrogens (tertiary/aromatic N) is 5. The lowest BCUT2D eigenvalue weighted by Crippen LogP contribution is -2.36. The Morgan fingerprint density at radius 3 is 2.87 bits per heavy atom. The molecule has 2 unspecified atom stereocenters. The van der Waals surface area contributed by atoms with Gasteiger partial charge in [0.15, 0.2) is 5.69 Å². The van der Waals surface area contributed by atoms with Crippen LogP contribution in [-0.2, 0) is 6.18 Å². The predicted octanol–water partition coefficient (Wildman–Crippen LogP) is 3.55. The molecule has 3 heterocycles. The first-order valence-corrected chi connectivity index (χ1v) is 7.96. The molecule has 0 aromatic carbocycles. The first-order valence-electron chi connectivity index (χ1n) is 7.96. The predicted molar refractivity (Wildman–Crippen MR) is 80.2 cm³/mol. The van der Waals surface area contributed by atoms with Gasteiger partial charge in [-0.25, -0.2) is 4.98 Å². The molecule has 1 aliphatic heterocycles. The van der Waals surface area contributed by atoms with Gasteiger partial charge in [0, 0.05) is 18.7 Å². The first kappa shape index (κ1) is 16.0. The summed E-state index contributed by atoms with van der Waals surface area (Å²) < 4.78 is 40.8. The number of hydrogen-bond acceptors (Lipinski definition) is 4. The lowest BCUT2D eigenvalue weighted by molar-refractivity contribution is -0.141. The van der Waals surface area contributed by atoms with Crippen molar-refractivity contribution in [2.24, 2.45) is 5.92 Å².